The lowest BCUT2D eigenvalue weighted by Gasteiger charge is -2.20. The summed E-state index contributed by atoms with van der Waals surface area (Å²) in [7, 11) is 0. The third kappa shape index (κ3) is 6.91. The first-order valence-corrected chi connectivity index (χ1v) is 10.1. The van der Waals surface area contributed by atoms with Crippen LogP contribution >= 0.6 is 11.3 Å². The Hall–Kier alpha value is -0.910. The molecule has 4 nitrogen and oxygen atoms in total. The fourth-order valence-corrected chi connectivity index (χ4v) is 3.97. The number of ether oxygens (including phenoxy) is 1. The first-order valence-electron chi connectivity index (χ1n) is 9.26. The molecule has 0 radical (unpaired) electrons. The number of hydrogen-bond donors (Lipinski definition) is 2. The Morgan fingerprint density at radius 3 is 2.29 bits per heavy atom. The van der Waals surface area contributed by atoms with Crippen LogP contribution in [0.2, 0.25) is 0 Å². The van der Waals surface area contributed by atoms with Gasteiger partial charge in [-0.05, 0) is 43.6 Å². The second kappa shape index (κ2) is 10.9. The van der Waals surface area contributed by atoms with E-state index in [1.165, 1.54) is 0 Å². The minimum Gasteiger partial charge on any atom is -0.457 e. The number of carbonyl (C=O) groups excluding carboxylic acids is 1. The molecule has 0 amide bonds. The quantitative estimate of drug-likeness (QED) is 0.735. The maximum Gasteiger partial charge on any atom is 0.306 e. The van der Waals surface area contributed by atoms with E-state index in [-0.39, 0.29) is 12.1 Å². The molecule has 0 aromatic carbocycles. The standard InChI is InChI=1S/C19H30O4S/c20-15-9-5-3-1-2-4-6-13-19(22)23-17(11-7-10-16(15)21)18-12-8-14-24-18/h8,12,14-17,20-21H,1-7,9-11,13H2. The molecular formula is C19H30O4S. The van der Waals surface area contributed by atoms with Gasteiger partial charge in [0.25, 0.3) is 0 Å². The van der Waals surface area contributed by atoms with Gasteiger partial charge in [0, 0.05) is 11.3 Å². The molecule has 2 N–H and O–H groups in total. The third-order valence-corrected chi connectivity index (χ3v) is 5.64. The molecular weight excluding hydrogens is 324 g/mol. The van der Waals surface area contributed by atoms with Gasteiger partial charge in [-0.3, -0.25) is 4.79 Å². The first-order chi connectivity index (χ1) is 11.7. The number of carbonyl (C=O) groups is 1. The summed E-state index contributed by atoms with van der Waals surface area (Å²) in [6.45, 7) is 0. The zero-order chi connectivity index (χ0) is 17.2. The Balaban J connectivity index is 1.93. The number of thiophene rings is 1. The summed E-state index contributed by atoms with van der Waals surface area (Å²) >= 11 is 1.59. The van der Waals surface area contributed by atoms with Crippen LogP contribution in [0.15, 0.2) is 17.5 Å². The number of hydrogen-bond acceptors (Lipinski definition) is 5. The van der Waals surface area contributed by atoms with Gasteiger partial charge in [0.05, 0.1) is 12.2 Å². The van der Waals surface area contributed by atoms with Crippen molar-refractivity contribution in [2.75, 3.05) is 0 Å². The number of aliphatic hydroxyl groups excluding tert-OH is 2. The summed E-state index contributed by atoms with van der Waals surface area (Å²) in [6.07, 6.45) is 7.77. The molecule has 1 aromatic rings. The monoisotopic (exact) mass is 354 g/mol. The van der Waals surface area contributed by atoms with Crippen LogP contribution in [0.4, 0.5) is 0 Å². The van der Waals surface area contributed by atoms with Crippen molar-refractivity contribution in [2.24, 2.45) is 0 Å². The molecule has 0 spiro atoms. The minimum atomic E-state index is -0.683. The number of esters is 1. The molecule has 24 heavy (non-hydrogen) atoms. The van der Waals surface area contributed by atoms with Crippen LogP contribution in [0, 0.1) is 0 Å². The lowest BCUT2D eigenvalue weighted by molar-refractivity contribution is -0.150. The molecule has 1 aliphatic heterocycles. The molecule has 136 valence electrons. The van der Waals surface area contributed by atoms with Crippen molar-refractivity contribution < 1.29 is 19.7 Å². The van der Waals surface area contributed by atoms with Crippen molar-refractivity contribution in [2.45, 2.75) is 88.9 Å². The first kappa shape index (κ1) is 19.4. The maximum atomic E-state index is 12.1. The Morgan fingerprint density at radius 2 is 1.58 bits per heavy atom. The van der Waals surface area contributed by atoms with Crippen LogP contribution in [0.25, 0.3) is 0 Å². The Morgan fingerprint density at radius 1 is 0.917 bits per heavy atom. The van der Waals surface area contributed by atoms with E-state index in [1.54, 1.807) is 11.3 Å². The Labute approximate surface area is 148 Å². The zero-order valence-corrected chi connectivity index (χ0v) is 15.2. The highest BCUT2D eigenvalue weighted by atomic mass is 32.1. The fourth-order valence-electron chi connectivity index (χ4n) is 3.18. The van der Waals surface area contributed by atoms with Crippen LogP contribution < -0.4 is 0 Å². The second-order valence-electron chi connectivity index (χ2n) is 6.72. The average molecular weight is 355 g/mol. The molecule has 1 saturated heterocycles. The molecule has 0 aliphatic carbocycles. The molecule has 1 fully saturated rings. The molecule has 1 aromatic heterocycles. The van der Waals surface area contributed by atoms with E-state index in [9.17, 15) is 15.0 Å². The van der Waals surface area contributed by atoms with Gasteiger partial charge >= 0.3 is 5.97 Å². The van der Waals surface area contributed by atoms with Crippen molar-refractivity contribution in [1.29, 1.82) is 0 Å². The highest BCUT2D eigenvalue weighted by Crippen LogP contribution is 2.29. The molecule has 2 heterocycles. The highest BCUT2D eigenvalue weighted by molar-refractivity contribution is 7.10. The molecule has 3 unspecified atom stereocenters. The van der Waals surface area contributed by atoms with Gasteiger partial charge in [0.15, 0.2) is 0 Å². The van der Waals surface area contributed by atoms with E-state index < -0.39 is 12.2 Å². The van der Waals surface area contributed by atoms with Gasteiger partial charge in [-0.25, -0.2) is 0 Å². The normalized spacial score (nSPS) is 29.1. The molecule has 3 atom stereocenters. The summed E-state index contributed by atoms with van der Waals surface area (Å²) in [5.41, 5.74) is 0. The Bertz CT molecular complexity index is 460. The number of rotatable bonds is 1. The fraction of sp³-hybridized carbons (Fsp3) is 0.737. The summed E-state index contributed by atoms with van der Waals surface area (Å²) in [6, 6.07) is 3.96. The van der Waals surface area contributed by atoms with E-state index in [2.05, 4.69) is 0 Å². The molecule has 1 aliphatic rings. The lowest BCUT2D eigenvalue weighted by atomic mass is 9.99. The highest BCUT2D eigenvalue weighted by Gasteiger charge is 2.20. The second-order valence-corrected chi connectivity index (χ2v) is 7.70. The van der Waals surface area contributed by atoms with Gasteiger partial charge < -0.3 is 14.9 Å². The topological polar surface area (TPSA) is 66.8 Å². The molecule has 2 rings (SSSR count). The van der Waals surface area contributed by atoms with E-state index >= 15 is 0 Å². The lowest BCUT2D eigenvalue weighted by Crippen LogP contribution is -2.26. The van der Waals surface area contributed by atoms with Crippen molar-refractivity contribution >= 4 is 17.3 Å². The van der Waals surface area contributed by atoms with E-state index in [0.717, 1.165) is 49.8 Å². The SMILES string of the molecule is O=C1CCCCCCCCC(O)C(O)CCCC(c2cccs2)O1. The van der Waals surface area contributed by atoms with Gasteiger partial charge in [-0.1, -0.05) is 38.2 Å². The van der Waals surface area contributed by atoms with Gasteiger partial charge in [-0.15, -0.1) is 11.3 Å². The van der Waals surface area contributed by atoms with Crippen LogP contribution in [0.3, 0.4) is 0 Å². The smallest absolute Gasteiger partial charge is 0.306 e. The predicted molar refractivity (Wildman–Crippen MR) is 96.0 cm³/mol. The van der Waals surface area contributed by atoms with E-state index in [0.29, 0.717) is 25.7 Å². The summed E-state index contributed by atoms with van der Waals surface area (Å²) in [5.74, 6) is -0.124. The van der Waals surface area contributed by atoms with Gasteiger partial charge in [0.1, 0.15) is 6.10 Å². The average Bonchev–Trinajstić information content (AvgIpc) is 3.09. The largest absolute Gasteiger partial charge is 0.457 e. The summed E-state index contributed by atoms with van der Waals surface area (Å²) in [4.78, 5) is 13.1. The zero-order valence-electron chi connectivity index (χ0n) is 14.4. The molecule has 5 heteroatoms. The Kier molecular flexibility index (Phi) is 8.78. The van der Waals surface area contributed by atoms with Gasteiger partial charge in [0.2, 0.25) is 0 Å². The number of aliphatic hydroxyl groups is 2. The van der Waals surface area contributed by atoms with Crippen molar-refractivity contribution in [1.82, 2.24) is 0 Å². The minimum absolute atomic E-state index is 0.124. The van der Waals surface area contributed by atoms with E-state index in [4.69, 9.17) is 4.74 Å². The van der Waals surface area contributed by atoms with Crippen LogP contribution in [-0.4, -0.2) is 28.4 Å². The maximum absolute atomic E-state index is 12.1. The summed E-state index contributed by atoms with van der Waals surface area (Å²) in [5, 5.41) is 22.1. The van der Waals surface area contributed by atoms with Crippen LogP contribution in [-0.2, 0) is 9.53 Å². The van der Waals surface area contributed by atoms with Crippen LogP contribution in [0.1, 0.15) is 81.6 Å². The van der Waals surface area contributed by atoms with Crippen molar-refractivity contribution in [3.8, 4) is 0 Å². The number of cyclic esters (lactones) is 1. The van der Waals surface area contributed by atoms with Crippen LogP contribution in [0.5, 0.6) is 0 Å². The van der Waals surface area contributed by atoms with E-state index in [1.807, 2.05) is 17.5 Å². The van der Waals surface area contributed by atoms with Gasteiger partial charge in [-0.2, -0.15) is 0 Å². The molecule has 0 saturated carbocycles. The third-order valence-electron chi connectivity index (χ3n) is 4.68. The predicted octanol–water partition coefficient (Wildman–Crippen LogP) is 4.36. The molecule has 0 bridgehead atoms. The van der Waals surface area contributed by atoms with Crippen molar-refractivity contribution in [3.63, 3.8) is 0 Å². The van der Waals surface area contributed by atoms with Crippen molar-refractivity contribution in [3.05, 3.63) is 22.4 Å². The summed E-state index contributed by atoms with van der Waals surface area (Å²) < 4.78 is 5.69.